The van der Waals surface area contributed by atoms with Gasteiger partial charge >= 0.3 is 5.69 Å². The number of rotatable bonds is 12. The number of carbonyl (C=O) groups excluding carboxylic acids is 1. The number of aromatic nitrogens is 4. The van der Waals surface area contributed by atoms with E-state index in [4.69, 9.17) is 16.3 Å². The van der Waals surface area contributed by atoms with Gasteiger partial charge in [-0.3, -0.25) is 19.1 Å². The number of aryl methyl sites for hydroxylation is 3. The van der Waals surface area contributed by atoms with Crippen LogP contribution in [0.5, 0.6) is 5.75 Å². The van der Waals surface area contributed by atoms with Crippen molar-refractivity contribution in [3.8, 4) is 5.75 Å². The Balaban J connectivity index is 1.87. The molecule has 0 radical (unpaired) electrons. The number of methoxy groups -OCH3 is 1. The number of benzene rings is 1. The number of hydrogen-bond acceptors (Lipinski definition) is 5. The maximum atomic E-state index is 12.7. The molecule has 0 atom stereocenters. The molecule has 10 heteroatoms. The van der Waals surface area contributed by atoms with Crippen molar-refractivity contribution in [1.29, 1.82) is 0 Å². The summed E-state index contributed by atoms with van der Waals surface area (Å²) in [7, 11) is 1.53. The molecule has 0 saturated heterocycles. The number of amides is 1. The van der Waals surface area contributed by atoms with Gasteiger partial charge < -0.3 is 14.6 Å². The fourth-order valence-corrected chi connectivity index (χ4v) is 4.14. The Morgan fingerprint density at radius 3 is 2.53 bits per heavy atom. The van der Waals surface area contributed by atoms with Crippen LogP contribution in [0, 0.1) is 0 Å². The summed E-state index contributed by atoms with van der Waals surface area (Å²) in [4.78, 5) is 44.9. The van der Waals surface area contributed by atoms with Crippen LogP contribution in [0.1, 0.15) is 58.2 Å². The molecule has 0 saturated carbocycles. The van der Waals surface area contributed by atoms with Crippen molar-refractivity contribution in [2.75, 3.05) is 12.4 Å². The molecular formula is C24H32ClN5O4. The molecule has 9 nitrogen and oxygen atoms in total. The van der Waals surface area contributed by atoms with E-state index in [0.717, 1.165) is 32.1 Å². The standard InChI is InChI=1S/C24H32ClN5O4/c1-4-6-8-14-29-19(11-12-20(31)26-16-9-10-18(34-3)17(25)15-16)27-22-21(29)23(32)28-24(33)30(22)13-7-5-2/h9-10,15H,4-8,11-14H2,1-3H3,(H,26,31)(H,28,32,33). The van der Waals surface area contributed by atoms with E-state index in [-0.39, 0.29) is 12.3 Å². The van der Waals surface area contributed by atoms with E-state index in [1.165, 1.54) is 11.7 Å². The predicted octanol–water partition coefficient (Wildman–Crippen LogP) is 4.11. The largest absolute Gasteiger partial charge is 0.495 e. The second-order valence-corrected chi connectivity index (χ2v) is 8.63. The van der Waals surface area contributed by atoms with Crippen LogP contribution in [0.15, 0.2) is 27.8 Å². The highest BCUT2D eigenvalue weighted by molar-refractivity contribution is 6.32. The van der Waals surface area contributed by atoms with E-state index >= 15 is 0 Å². The number of halogens is 1. The van der Waals surface area contributed by atoms with E-state index < -0.39 is 11.2 Å². The summed E-state index contributed by atoms with van der Waals surface area (Å²) in [5.41, 5.74) is 0.447. The lowest BCUT2D eigenvalue weighted by molar-refractivity contribution is -0.116. The summed E-state index contributed by atoms with van der Waals surface area (Å²) in [5.74, 6) is 0.945. The molecule has 2 N–H and O–H groups in total. The fraction of sp³-hybridized carbons (Fsp3) is 0.500. The number of imidazole rings is 1. The molecule has 1 aromatic carbocycles. The Kier molecular flexibility index (Phi) is 8.92. The Labute approximate surface area is 203 Å². The van der Waals surface area contributed by atoms with Crippen LogP contribution >= 0.6 is 11.6 Å². The van der Waals surface area contributed by atoms with Crippen molar-refractivity contribution in [2.45, 2.75) is 71.9 Å². The number of nitrogens with zero attached hydrogens (tertiary/aromatic N) is 3. The van der Waals surface area contributed by atoms with Crippen LogP contribution < -0.4 is 21.3 Å². The van der Waals surface area contributed by atoms with Gasteiger partial charge in [-0.1, -0.05) is 44.7 Å². The second-order valence-electron chi connectivity index (χ2n) is 8.22. The zero-order valence-corrected chi connectivity index (χ0v) is 20.7. The zero-order chi connectivity index (χ0) is 24.7. The van der Waals surface area contributed by atoms with Crippen LogP contribution in [0.4, 0.5) is 5.69 Å². The van der Waals surface area contributed by atoms with Crippen molar-refractivity contribution in [3.05, 3.63) is 49.9 Å². The number of fused-ring (bicyclic) bond motifs is 1. The van der Waals surface area contributed by atoms with Gasteiger partial charge in [0.2, 0.25) is 5.91 Å². The first-order valence-corrected chi connectivity index (χ1v) is 12.1. The number of ether oxygens (including phenoxy) is 1. The van der Waals surface area contributed by atoms with Gasteiger partial charge in [-0.2, -0.15) is 0 Å². The van der Waals surface area contributed by atoms with Crippen LogP contribution in [-0.4, -0.2) is 32.1 Å². The molecule has 1 amide bonds. The minimum Gasteiger partial charge on any atom is -0.495 e. The summed E-state index contributed by atoms with van der Waals surface area (Å²) in [5, 5.41) is 3.24. The molecule has 184 valence electrons. The molecule has 3 aromatic rings. The Bertz CT molecular complexity index is 1260. The van der Waals surface area contributed by atoms with Gasteiger partial charge in [0.05, 0.1) is 12.1 Å². The van der Waals surface area contributed by atoms with Crippen molar-refractivity contribution in [2.24, 2.45) is 0 Å². The van der Waals surface area contributed by atoms with Crippen LogP contribution in [0.25, 0.3) is 11.2 Å². The molecule has 0 fully saturated rings. The maximum Gasteiger partial charge on any atom is 0.330 e. The molecule has 2 heterocycles. The van der Waals surface area contributed by atoms with Gasteiger partial charge in [-0.25, -0.2) is 9.78 Å². The van der Waals surface area contributed by atoms with Gasteiger partial charge in [0.15, 0.2) is 11.2 Å². The molecule has 0 aliphatic rings. The van der Waals surface area contributed by atoms with Gasteiger partial charge in [0.25, 0.3) is 5.56 Å². The van der Waals surface area contributed by atoms with E-state index in [1.807, 2.05) is 11.5 Å². The number of aromatic amines is 1. The van der Waals surface area contributed by atoms with E-state index in [1.54, 1.807) is 18.2 Å². The summed E-state index contributed by atoms with van der Waals surface area (Å²) in [6.07, 6.45) is 5.12. The number of nitrogens with one attached hydrogen (secondary N) is 2. The molecule has 34 heavy (non-hydrogen) atoms. The molecule has 0 bridgehead atoms. The molecule has 3 rings (SSSR count). The molecule has 2 aromatic heterocycles. The summed E-state index contributed by atoms with van der Waals surface area (Å²) >= 11 is 6.14. The molecule has 0 spiro atoms. The van der Waals surface area contributed by atoms with Crippen LogP contribution in [-0.2, 0) is 24.3 Å². The predicted molar refractivity (Wildman–Crippen MR) is 134 cm³/mol. The lowest BCUT2D eigenvalue weighted by Crippen LogP contribution is -2.31. The number of H-pyrrole nitrogens is 1. The second kappa shape index (κ2) is 11.9. The highest BCUT2D eigenvalue weighted by atomic mass is 35.5. The van der Waals surface area contributed by atoms with Gasteiger partial charge in [-0.15, -0.1) is 0 Å². The lowest BCUT2D eigenvalue weighted by atomic mass is 10.2. The topological polar surface area (TPSA) is 111 Å². The fourth-order valence-electron chi connectivity index (χ4n) is 3.89. The normalized spacial score (nSPS) is 11.2. The quantitative estimate of drug-likeness (QED) is 0.372. The third kappa shape index (κ3) is 5.88. The number of hydrogen-bond donors (Lipinski definition) is 2. The molecular weight excluding hydrogens is 458 g/mol. The summed E-state index contributed by atoms with van der Waals surface area (Å²) in [6, 6.07) is 5.03. The molecule has 0 unspecified atom stereocenters. The zero-order valence-electron chi connectivity index (χ0n) is 19.9. The van der Waals surface area contributed by atoms with Gasteiger partial charge in [0.1, 0.15) is 11.6 Å². The van der Waals surface area contributed by atoms with Crippen molar-refractivity contribution < 1.29 is 9.53 Å². The van der Waals surface area contributed by atoms with E-state index in [2.05, 4.69) is 22.2 Å². The van der Waals surface area contributed by atoms with Gasteiger partial charge in [0, 0.05) is 31.6 Å². The third-order valence-corrected chi connectivity index (χ3v) is 5.99. The Morgan fingerprint density at radius 2 is 1.85 bits per heavy atom. The summed E-state index contributed by atoms with van der Waals surface area (Å²) in [6.45, 7) is 5.23. The highest BCUT2D eigenvalue weighted by Crippen LogP contribution is 2.27. The first-order valence-electron chi connectivity index (χ1n) is 11.7. The van der Waals surface area contributed by atoms with E-state index in [9.17, 15) is 14.4 Å². The lowest BCUT2D eigenvalue weighted by Gasteiger charge is -2.10. The highest BCUT2D eigenvalue weighted by Gasteiger charge is 2.19. The van der Waals surface area contributed by atoms with Crippen LogP contribution in [0.3, 0.4) is 0 Å². The molecule has 0 aliphatic carbocycles. The summed E-state index contributed by atoms with van der Waals surface area (Å²) < 4.78 is 8.53. The third-order valence-electron chi connectivity index (χ3n) is 5.70. The minimum atomic E-state index is -0.454. The van der Waals surface area contributed by atoms with Crippen molar-refractivity contribution >= 4 is 34.4 Å². The van der Waals surface area contributed by atoms with Crippen molar-refractivity contribution in [3.63, 3.8) is 0 Å². The molecule has 0 aliphatic heterocycles. The Morgan fingerprint density at radius 1 is 1.12 bits per heavy atom. The maximum absolute atomic E-state index is 12.7. The first kappa shape index (κ1) is 25.6. The SMILES string of the molecule is CCCCCn1c(CCC(=O)Nc2ccc(OC)c(Cl)c2)nc2c1c(=O)[nH]c(=O)n2CCCC. The number of anilines is 1. The average Bonchev–Trinajstić information content (AvgIpc) is 3.16. The minimum absolute atomic E-state index is 0.165. The smallest absolute Gasteiger partial charge is 0.330 e. The monoisotopic (exact) mass is 489 g/mol. The average molecular weight is 490 g/mol. The van der Waals surface area contributed by atoms with Gasteiger partial charge in [-0.05, 0) is 31.0 Å². The van der Waals surface area contributed by atoms with Crippen LogP contribution in [0.2, 0.25) is 5.02 Å². The van der Waals surface area contributed by atoms with Crippen molar-refractivity contribution in [1.82, 2.24) is 19.1 Å². The number of carbonyl (C=O) groups is 1. The number of unbranched alkanes of at least 4 members (excludes halogenated alkanes) is 3. The first-order chi connectivity index (χ1) is 16.4. The van der Waals surface area contributed by atoms with E-state index in [0.29, 0.717) is 53.0 Å². The Hall–Kier alpha value is -3.07.